The number of alkyl halides is 3. The third kappa shape index (κ3) is 11.5. The van der Waals surface area contributed by atoms with Crippen molar-refractivity contribution in [2.75, 3.05) is 43.5 Å². The van der Waals surface area contributed by atoms with Crippen molar-refractivity contribution in [2.24, 2.45) is 0 Å². The molecule has 0 unspecified atom stereocenters. The summed E-state index contributed by atoms with van der Waals surface area (Å²) in [6, 6.07) is 11.1. The lowest BCUT2D eigenvalue weighted by Crippen LogP contribution is -2.60. The van der Waals surface area contributed by atoms with Crippen molar-refractivity contribution in [3.63, 3.8) is 0 Å². The number of aromatic nitrogens is 3. The van der Waals surface area contributed by atoms with Crippen LogP contribution in [0.3, 0.4) is 0 Å². The fourth-order valence-electron chi connectivity index (χ4n) is 5.63. The molecule has 292 valence electrons. The Balaban J connectivity index is 1.39. The van der Waals surface area contributed by atoms with Crippen LogP contribution in [0.25, 0.3) is 0 Å². The van der Waals surface area contributed by atoms with Gasteiger partial charge < -0.3 is 44.9 Å². The number of carboxylic acid groups (broad SMARTS) is 1. The quantitative estimate of drug-likeness (QED) is 0.235. The summed E-state index contributed by atoms with van der Waals surface area (Å²) in [6.45, 7) is 4.60. The molecule has 3 aromatic rings. The molecular formula is C36H44F3N7O8. The van der Waals surface area contributed by atoms with Gasteiger partial charge in [0.2, 0.25) is 11.9 Å². The van der Waals surface area contributed by atoms with Crippen molar-refractivity contribution in [1.82, 2.24) is 25.2 Å². The Labute approximate surface area is 309 Å². The van der Waals surface area contributed by atoms with Crippen LogP contribution >= 0.6 is 0 Å². The summed E-state index contributed by atoms with van der Waals surface area (Å²) in [6.07, 6.45) is -2.24. The number of piperidine rings is 1. The highest BCUT2D eigenvalue weighted by Gasteiger charge is 2.45. The minimum atomic E-state index is -4.64. The number of nitrogens with one attached hydrogen (secondary N) is 3. The number of fused-ring (bicyclic) bond motifs is 10. The summed E-state index contributed by atoms with van der Waals surface area (Å²) >= 11 is 0. The number of anilines is 3. The minimum Gasteiger partial charge on any atom is -0.494 e. The number of carbonyl (C=O) groups excluding carboxylic acids is 2. The van der Waals surface area contributed by atoms with E-state index in [9.17, 15) is 32.7 Å². The van der Waals surface area contributed by atoms with Crippen molar-refractivity contribution in [3.05, 3.63) is 53.6 Å². The second kappa shape index (κ2) is 17.1. The number of nitrogens with zero attached hydrogens (tertiary/aromatic N) is 4. The van der Waals surface area contributed by atoms with Crippen LogP contribution in [0.15, 0.2) is 42.5 Å². The Kier molecular flexibility index (Phi) is 12.5. The van der Waals surface area contributed by atoms with E-state index >= 15 is 0 Å². The van der Waals surface area contributed by atoms with Gasteiger partial charge in [0.25, 0.3) is 5.91 Å². The van der Waals surface area contributed by atoms with E-state index in [2.05, 4.69) is 30.9 Å². The average Bonchev–Trinajstić information content (AvgIpc) is 3.10. The Morgan fingerprint density at radius 1 is 0.926 bits per heavy atom. The van der Waals surface area contributed by atoms with E-state index in [1.54, 1.807) is 20.8 Å². The number of aliphatic carboxylic acids is 1. The predicted molar refractivity (Wildman–Crippen MR) is 189 cm³/mol. The van der Waals surface area contributed by atoms with Crippen molar-refractivity contribution < 1.29 is 51.6 Å². The molecule has 0 radical (unpaired) electrons. The van der Waals surface area contributed by atoms with Gasteiger partial charge in [-0.1, -0.05) is 12.1 Å². The van der Waals surface area contributed by atoms with Crippen LogP contribution < -0.4 is 30.2 Å². The number of benzene rings is 2. The Morgan fingerprint density at radius 2 is 1.59 bits per heavy atom. The third-order valence-corrected chi connectivity index (χ3v) is 8.43. The number of carboxylic acids is 1. The predicted octanol–water partition coefficient (Wildman–Crippen LogP) is 6.08. The first-order valence-corrected chi connectivity index (χ1v) is 17.6. The van der Waals surface area contributed by atoms with Gasteiger partial charge in [-0.05, 0) is 89.1 Å². The van der Waals surface area contributed by atoms with E-state index in [0.717, 1.165) is 24.8 Å². The first kappa shape index (κ1) is 39.7. The Morgan fingerprint density at radius 3 is 2.24 bits per heavy atom. The van der Waals surface area contributed by atoms with Gasteiger partial charge in [0.05, 0.1) is 18.8 Å². The van der Waals surface area contributed by atoms with Gasteiger partial charge >= 0.3 is 24.2 Å². The molecule has 2 aromatic carbocycles. The average molecular weight is 760 g/mol. The van der Waals surface area contributed by atoms with Gasteiger partial charge in [0.1, 0.15) is 22.6 Å². The van der Waals surface area contributed by atoms with E-state index < -0.39 is 47.9 Å². The third-order valence-electron chi connectivity index (χ3n) is 8.43. The molecule has 1 fully saturated rings. The topological polar surface area (TPSA) is 186 Å². The van der Waals surface area contributed by atoms with Gasteiger partial charge in [0, 0.05) is 31.4 Å². The van der Waals surface area contributed by atoms with Crippen LogP contribution in [0.4, 0.5) is 35.5 Å². The molecule has 2 amide bonds. The number of carbonyl (C=O) groups is 3. The summed E-state index contributed by atoms with van der Waals surface area (Å²) in [5.74, 6) is -1.40. The fraction of sp³-hybridized carbons (Fsp3) is 0.500. The molecular weight excluding hydrogens is 715 g/mol. The highest BCUT2D eigenvalue weighted by atomic mass is 19.4. The smallest absolute Gasteiger partial charge is 0.422 e. The maximum absolute atomic E-state index is 13.8. The highest BCUT2D eigenvalue weighted by molar-refractivity contribution is 6.00. The van der Waals surface area contributed by atoms with Crippen LogP contribution in [0.2, 0.25) is 0 Å². The van der Waals surface area contributed by atoms with Crippen LogP contribution in [0.1, 0.15) is 75.2 Å². The van der Waals surface area contributed by atoms with Gasteiger partial charge in [-0.2, -0.15) is 28.1 Å². The molecule has 1 saturated heterocycles. The van der Waals surface area contributed by atoms with Gasteiger partial charge in [-0.25, -0.2) is 9.59 Å². The van der Waals surface area contributed by atoms with Crippen LogP contribution in [-0.2, 0) is 16.1 Å². The lowest BCUT2D eigenvalue weighted by molar-refractivity contribution is -0.154. The van der Waals surface area contributed by atoms with Gasteiger partial charge in [0.15, 0.2) is 6.61 Å². The largest absolute Gasteiger partial charge is 0.494 e. The molecule has 0 atom stereocenters. The second-order valence-corrected chi connectivity index (χ2v) is 13.9. The van der Waals surface area contributed by atoms with E-state index in [1.807, 2.05) is 24.3 Å². The first-order chi connectivity index (χ1) is 25.6. The normalized spacial score (nSPS) is 16.6. The number of ether oxygens (including phenoxy) is 4. The molecule has 6 bridgehead atoms. The Hall–Kier alpha value is -5.55. The van der Waals surface area contributed by atoms with Gasteiger partial charge in [-0.15, -0.1) is 0 Å². The summed E-state index contributed by atoms with van der Waals surface area (Å²) in [5.41, 5.74) is -1.23. The lowest BCUT2D eigenvalue weighted by atomic mass is 9.87. The van der Waals surface area contributed by atoms with E-state index in [-0.39, 0.29) is 62.3 Å². The number of amides is 2. The maximum Gasteiger partial charge on any atom is 0.422 e. The number of hydrogen-bond donors (Lipinski definition) is 4. The molecule has 0 spiro atoms. The molecule has 6 rings (SSSR count). The minimum absolute atomic E-state index is 0.0410. The lowest BCUT2D eigenvalue weighted by Gasteiger charge is -2.39. The first-order valence-electron chi connectivity index (χ1n) is 17.6. The fourth-order valence-corrected chi connectivity index (χ4v) is 5.63. The maximum atomic E-state index is 13.8. The van der Waals surface area contributed by atoms with Crippen LogP contribution in [-0.4, -0.2) is 93.2 Å². The summed E-state index contributed by atoms with van der Waals surface area (Å²) < 4.78 is 61.2. The monoisotopic (exact) mass is 759 g/mol. The molecule has 1 aromatic heterocycles. The molecule has 18 heteroatoms. The van der Waals surface area contributed by atoms with E-state index in [0.29, 0.717) is 24.5 Å². The van der Waals surface area contributed by atoms with E-state index in [1.165, 1.54) is 23.1 Å². The number of hydrogen-bond acceptors (Lipinski definition) is 12. The zero-order valence-electron chi connectivity index (χ0n) is 30.3. The summed E-state index contributed by atoms with van der Waals surface area (Å²) in [7, 11) is 0. The van der Waals surface area contributed by atoms with Crippen molar-refractivity contribution >= 4 is 35.6 Å². The number of likely N-dealkylation sites (tertiary alicyclic amines) is 1. The van der Waals surface area contributed by atoms with Crippen molar-refractivity contribution in [2.45, 2.75) is 83.2 Å². The second-order valence-electron chi connectivity index (χ2n) is 13.9. The molecule has 3 aliphatic rings. The molecule has 54 heavy (non-hydrogen) atoms. The molecule has 3 aliphatic heterocycles. The SMILES string of the molecule is CC(C)(C)OC(=O)N1CCC(NC(=O)c2ccc3cc2OCCCCCCOc2ccc(cc2)CNc2nc(nc(OCC(F)(F)F)n2)N3)(C(=O)O)CC1. The summed E-state index contributed by atoms with van der Waals surface area (Å²) in [4.78, 5) is 52.7. The molecule has 4 heterocycles. The van der Waals surface area contributed by atoms with E-state index in [4.69, 9.17) is 18.9 Å². The zero-order chi connectivity index (χ0) is 38.9. The van der Waals surface area contributed by atoms with Crippen molar-refractivity contribution in [1.29, 1.82) is 0 Å². The molecule has 4 N–H and O–H groups in total. The summed E-state index contributed by atoms with van der Waals surface area (Å²) in [5, 5.41) is 18.8. The van der Waals surface area contributed by atoms with Crippen molar-refractivity contribution in [3.8, 4) is 17.5 Å². The van der Waals surface area contributed by atoms with Crippen LogP contribution in [0.5, 0.6) is 17.5 Å². The highest BCUT2D eigenvalue weighted by Crippen LogP contribution is 2.30. The standard InChI is InChI=1S/C36H44F3N7O8/c1-34(2,3)54-33(50)46-16-14-35(15-17-46,29(48)49)45-28(47)26-13-10-24-20-27(26)52-19-7-5-4-6-18-51-25-11-8-23(9-12-25)21-40-30-42-31(41-24)44-32(43-30)53-22-36(37,38)39/h8-13,20H,4-7,14-19,21-22H2,1-3H3,(H,45,47)(H,48,49)(H2,40,41,42,43,44). The molecule has 15 nitrogen and oxygen atoms in total. The Bertz CT molecular complexity index is 1780. The molecule has 0 aliphatic carbocycles. The van der Waals surface area contributed by atoms with Gasteiger partial charge in [-0.3, -0.25) is 4.79 Å². The zero-order valence-corrected chi connectivity index (χ0v) is 30.3. The van der Waals surface area contributed by atoms with Crippen LogP contribution in [0, 0.1) is 0 Å². The molecule has 0 saturated carbocycles. The number of rotatable bonds is 5. The number of halogens is 3.